The Morgan fingerprint density at radius 3 is 2.43 bits per heavy atom. The van der Waals surface area contributed by atoms with Crippen molar-refractivity contribution >= 4 is 33.7 Å². The van der Waals surface area contributed by atoms with Crippen LogP contribution in [0.15, 0.2) is 29.7 Å². The molecular formula is C14H18ClNO4S. The van der Waals surface area contributed by atoms with E-state index in [1.807, 2.05) is 0 Å². The molecule has 7 heteroatoms. The van der Waals surface area contributed by atoms with Crippen LogP contribution in [0.3, 0.4) is 0 Å². The summed E-state index contributed by atoms with van der Waals surface area (Å²) in [5.74, 6) is -1.49. The predicted octanol–water partition coefficient (Wildman–Crippen LogP) is 2.73. The van der Waals surface area contributed by atoms with Crippen molar-refractivity contribution in [1.29, 1.82) is 0 Å². The van der Waals surface area contributed by atoms with Gasteiger partial charge in [0.1, 0.15) is 6.04 Å². The molecule has 5 nitrogen and oxygen atoms in total. The topological polar surface area (TPSA) is 83.5 Å². The van der Waals surface area contributed by atoms with Crippen molar-refractivity contribution in [2.75, 3.05) is 0 Å². The highest BCUT2D eigenvalue weighted by atomic mass is 35.5. The van der Waals surface area contributed by atoms with Gasteiger partial charge in [-0.15, -0.1) is 0 Å². The van der Waals surface area contributed by atoms with Crippen LogP contribution in [-0.4, -0.2) is 25.5 Å². The molecule has 2 N–H and O–H groups in total. The number of nitrogens with one attached hydrogen (secondary N) is 1. The molecule has 1 aromatic carbocycles. The second kappa shape index (κ2) is 7.59. The molecule has 21 heavy (non-hydrogen) atoms. The lowest BCUT2D eigenvalue weighted by atomic mass is 10.0. The van der Waals surface area contributed by atoms with Crippen molar-refractivity contribution in [3.63, 3.8) is 0 Å². The lowest BCUT2D eigenvalue weighted by Crippen LogP contribution is -2.44. The van der Waals surface area contributed by atoms with Gasteiger partial charge in [0.05, 0.1) is 0 Å². The van der Waals surface area contributed by atoms with Gasteiger partial charge in [0.15, 0.2) is 0 Å². The van der Waals surface area contributed by atoms with E-state index < -0.39 is 22.0 Å². The average molecular weight is 332 g/mol. The van der Waals surface area contributed by atoms with Crippen molar-refractivity contribution in [1.82, 2.24) is 4.72 Å². The summed E-state index contributed by atoms with van der Waals surface area (Å²) >= 11 is 5.74. The molecule has 0 spiro atoms. The normalized spacial score (nSPS) is 15.0. The largest absolute Gasteiger partial charge is 0.480 e. The van der Waals surface area contributed by atoms with E-state index >= 15 is 0 Å². The SMILES string of the molecule is CCC(C)[C@H](NS(=O)(=O)/C=C/c1ccc(Cl)cc1)C(=O)O. The summed E-state index contributed by atoms with van der Waals surface area (Å²) in [4.78, 5) is 11.1. The summed E-state index contributed by atoms with van der Waals surface area (Å²) in [7, 11) is -3.83. The fourth-order valence-electron chi connectivity index (χ4n) is 1.60. The summed E-state index contributed by atoms with van der Waals surface area (Å²) in [6.45, 7) is 3.49. The van der Waals surface area contributed by atoms with Crippen LogP contribution in [0.5, 0.6) is 0 Å². The van der Waals surface area contributed by atoms with Crippen molar-refractivity contribution < 1.29 is 18.3 Å². The minimum Gasteiger partial charge on any atom is -0.480 e. The number of rotatable bonds is 7. The number of hydrogen-bond donors (Lipinski definition) is 2. The monoisotopic (exact) mass is 331 g/mol. The third kappa shape index (κ3) is 5.87. The Bertz CT molecular complexity index is 610. The van der Waals surface area contributed by atoms with Crippen LogP contribution in [0.2, 0.25) is 5.02 Å². The predicted molar refractivity (Wildman–Crippen MR) is 83.4 cm³/mol. The first-order chi connectivity index (χ1) is 9.75. The molecule has 0 heterocycles. The van der Waals surface area contributed by atoms with Crippen LogP contribution >= 0.6 is 11.6 Å². The molecule has 1 unspecified atom stereocenters. The van der Waals surface area contributed by atoms with E-state index in [1.54, 1.807) is 38.1 Å². The first kappa shape index (κ1) is 17.7. The lowest BCUT2D eigenvalue weighted by Gasteiger charge is -2.18. The maximum atomic E-state index is 11.9. The van der Waals surface area contributed by atoms with Gasteiger partial charge in [-0.3, -0.25) is 4.79 Å². The molecule has 0 aliphatic heterocycles. The van der Waals surface area contributed by atoms with Gasteiger partial charge in [0.25, 0.3) is 0 Å². The number of carbonyl (C=O) groups is 1. The molecule has 0 aliphatic carbocycles. The van der Waals surface area contributed by atoms with Gasteiger partial charge >= 0.3 is 5.97 Å². The first-order valence-corrected chi connectivity index (χ1v) is 8.36. The lowest BCUT2D eigenvalue weighted by molar-refractivity contribution is -0.140. The Kier molecular flexibility index (Phi) is 6.39. The van der Waals surface area contributed by atoms with Gasteiger partial charge in [-0.25, -0.2) is 8.42 Å². The molecule has 2 atom stereocenters. The van der Waals surface area contributed by atoms with E-state index in [2.05, 4.69) is 4.72 Å². The molecule has 0 radical (unpaired) electrons. The molecule has 1 aromatic rings. The number of aliphatic carboxylic acids is 1. The van der Waals surface area contributed by atoms with Crippen LogP contribution in [0.4, 0.5) is 0 Å². The second-order valence-corrected chi connectivity index (χ2v) is 6.75. The Labute approximate surface area is 129 Å². The van der Waals surface area contributed by atoms with Gasteiger partial charge in [-0.1, -0.05) is 44.0 Å². The molecule has 0 aliphatic rings. The van der Waals surface area contributed by atoms with Crippen LogP contribution in [0, 0.1) is 5.92 Å². The zero-order chi connectivity index (χ0) is 16.0. The molecule has 1 rings (SSSR count). The molecular weight excluding hydrogens is 314 g/mol. The third-order valence-electron chi connectivity index (χ3n) is 3.08. The van der Waals surface area contributed by atoms with Gasteiger partial charge in [0, 0.05) is 10.4 Å². The minimum absolute atomic E-state index is 0.304. The maximum absolute atomic E-state index is 11.9. The van der Waals surface area contributed by atoms with E-state index in [0.29, 0.717) is 17.0 Å². The van der Waals surface area contributed by atoms with Crippen molar-refractivity contribution in [2.24, 2.45) is 5.92 Å². The van der Waals surface area contributed by atoms with Gasteiger partial charge in [-0.2, -0.15) is 4.72 Å². The minimum atomic E-state index is -3.83. The molecule has 0 amide bonds. The number of halogens is 1. The van der Waals surface area contributed by atoms with Crippen LogP contribution in [0.25, 0.3) is 6.08 Å². The maximum Gasteiger partial charge on any atom is 0.322 e. The van der Waals surface area contributed by atoms with E-state index in [-0.39, 0.29) is 5.92 Å². The Hall–Kier alpha value is -1.37. The quantitative estimate of drug-likeness (QED) is 0.804. The van der Waals surface area contributed by atoms with Gasteiger partial charge in [-0.05, 0) is 29.7 Å². The number of carboxylic acids is 1. The van der Waals surface area contributed by atoms with Crippen LogP contribution in [-0.2, 0) is 14.8 Å². The van der Waals surface area contributed by atoms with E-state index in [4.69, 9.17) is 16.7 Å². The van der Waals surface area contributed by atoms with Crippen LogP contribution < -0.4 is 4.72 Å². The number of sulfonamides is 1. The number of benzene rings is 1. The smallest absolute Gasteiger partial charge is 0.322 e. The van der Waals surface area contributed by atoms with E-state index in [1.165, 1.54) is 6.08 Å². The Balaban J connectivity index is 2.85. The second-order valence-electron chi connectivity index (χ2n) is 4.72. The number of hydrogen-bond acceptors (Lipinski definition) is 3. The van der Waals surface area contributed by atoms with Crippen molar-refractivity contribution in [3.05, 3.63) is 40.3 Å². The van der Waals surface area contributed by atoms with Crippen LogP contribution in [0.1, 0.15) is 25.8 Å². The fourth-order valence-corrected chi connectivity index (χ4v) is 2.83. The van der Waals surface area contributed by atoms with Crippen molar-refractivity contribution in [2.45, 2.75) is 26.3 Å². The summed E-state index contributed by atoms with van der Waals surface area (Å²) in [5.41, 5.74) is 0.653. The zero-order valence-electron chi connectivity index (χ0n) is 11.8. The van der Waals surface area contributed by atoms with E-state index in [0.717, 1.165) is 5.41 Å². The van der Waals surface area contributed by atoms with Crippen molar-refractivity contribution in [3.8, 4) is 0 Å². The molecule has 0 saturated carbocycles. The standard InChI is InChI=1S/C14H18ClNO4S/c1-3-10(2)13(14(17)18)16-21(19,20)9-8-11-4-6-12(15)7-5-11/h4-10,13,16H,3H2,1-2H3,(H,17,18)/b9-8+/t10?,13-/m0/s1. The molecule has 0 bridgehead atoms. The highest BCUT2D eigenvalue weighted by Gasteiger charge is 2.27. The van der Waals surface area contributed by atoms with E-state index in [9.17, 15) is 13.2 Å². The molecule has 116 valence electrons. The summed E-state index contributed by atoms with van der Waals surface area (Å²) in [6, 6.07) is 5.46. The van der Waals surface area contributed by atoms with Gasteiger partial charge < -0.3 is 5.11 Å². The highest BCUT2D eigenvalue weighted by Crippen LogP contribution is 2.12. The molecule has 0 aromatic heterocycles. The first-order valence-electron chi connectivity index (χ1n) is 6.44. The highest BCUT2D eigenvalue weighted by molar-refractivity contribution is 7.92. The summed E-state index contributed by atoms with van der Waals surface area (Å²) < 4.78 is 26.0. The number of carboxylic acid groups (broad SMARTS) is 1. The molecule has 0 saturated heterocycles. The van der Waals surface area contributed by atoms with Gasteiger partial charge in [0.2, 0.25) is 10.0 Å². The third-order valence-corrected chi connectivity index (χ3v) is 4.41. The molecule has 0 fully saturated rings. The zero-order valence-corrected chi connectivity index (χ0v) is 13.4. The Morgan fingerprint density at radius 1 is 1.38 bits per heavy atom. The average Bonchev–Trinajstić information content (AvgIpc) is 2.43. The Morgan fingerprint density at radius 2 is 1.95 bits per heavy atom. The summed E-state index contributed by atoms with van der Waals surface area (Å²) in [5, 5.41) is 10.6. The summed E-state index contributed by atoms with van der Waals surface area (Å²) in [6.07, 6.45) is 1.94. The fraction of sp³-hybridized carbons (Fsp3) is 0.357.